The number of aromatic nitrogens is 3. The summed E-state index contributed by atoms with van der Waals surface area (Å²) in [5.41, 5.74) is 4.91. The van der Waals surface area contributed by atoms with E-state index in [1.165, 1.54) is 31.5 Å². The molecule has 0 bridgehead atoms. The molecule has 13 heteroatoms. The molecule has 10 nitrogen and oxygen atoms in total. The van der Waals surface area contributed by atoms with Crippen molar-refractivity contribution in [3.05, 3.63) is 65.8 Å². The van der Waals surface area contributed by atoms with E-state index in [-0.39, 0.29) is 46.1 Å². The molecule has 0 aliphatic rings. The summed E-state index contributed by atoms with van der Waals surface area (Å²) in [5, 5.41) is 5.23. The molecule has 192 valence electrons. The van der Waals surface area contributed by atoms with Gasteiger partial charge >= 0.3 is 6.18 Å². The van der Waals surface area contributed by atoms with E-state index in [1.54, 1.807) is 25.1 Å². The molecule has 3 aromatic heterocycles. The maximum absolute atomic E-state index is 13.2. The maximum atomic E-state index is 13.2. The number of carbonyl (C=O) groups excluding carboxylic acids is 2. The number of nitrogens with two attached hydrogens (primary N) is 1. The quantitative estimate of drug-likeness (QED) is 0.339. The smallest absolute Gasteiger partial charge is 0.433 e. The van der Waals surface area contributed by atoms with Crippen LogP contribution in [-0.2, 0) is 11.0 Å². The number of benzene rings is 1. The molecule has 4 rings (SSSR count). The van der Waals surface area contributed by atoms with Crippen LogP contribution in [0.25, 0.3) is 22.4 Å². The van der Waals surface area contributed by atoms with Gasteiger partial charge in [-0.2, -0.15) is 13.2 Å². The Hall–Kier alpha value is -4.52. The van der Waals surface area contributed by atoms with Crippen molar-refractivity contribution in [3.63, 3.8) is 0 Å². The molecule has 37 heavy (non-hydrogen) atoms. The molecule has 1 atom stereocenters. The van der Waals surface area contributed by atoms with Crippen LogP contribution in [0.2, 0.25) is 0 Å². The van der Waals surface area contributed by atoms with Gasteiger partial charge in [0.1, 0.15) is 22.8 Å². The van der Waals surface area contributed by atoms with Crippen LogP contribution in [0.4, 0.5) is 19.0 Å². The van der Waals surface area contributed by atoms with Gasteiger partial charge < -0.3 is 25.5 Å². The molecule has 2 amide bonds. The molecule has 4 aromatic rings. The summed E-state index contributed by atoms with van der Waals surface area (Å²) in [5.74, 6) is -0.859. The van der Waals surface area contributed by atoms with Gasteiger partial charge in [-0.05, 0) is 43.3 Å². The van der Waals surface area contributed by atoms with Crippen LogP contribution in [0.5, 0.6) is 5.75 Å². The minimum absolute atomic E-state index is 0.0291. The van der Waals surface area contributed by atoms with E-state index in [4.69, 9.17) is 14.9 Å². The second-order valence-electron chi connectivity index (χ2n) is 7.87. The number of hydrogen-bond donors (Lipinski definition) is 3. The van der Waals surface area contributed by atoms with Gasteiger partial charge in [0.05, 0.1) is 19.7 Å². The summed E-state index contributed by atoms with van der Waals surface area (Å²) in [7, 11) is 1.31. The number of alkyl halides is 3. The van der Waals surface area contributed by atoms with Crippen molar-refractivity contribution < 1.29 is 31.9 Å². The van der Waals surface area contributed by atoms with Crippen molar-refractivity contribution in [1.29, 1.82) is 0 Å². The SMILES string of the molecule is COc1ccc(-c2nc(C(=O)NCC(=O)Nc3ccccn3)c([C@H](C)N)o2)c2ccc(C(F)(F)F)nc12. The minimum Gasteiger partial charge on any atom is -0.494 e. The van der Waals surface area contributed by atoms with Crippen LogP contribution < -0.4 is 21.1 Å². The second kappa shape index (κ2) is 10.2. The van der Waals surface area contributed by atoms with E-state index in [9.17, 15) is 22.8 Å². The third-order valence-corrected chi connectivity index (χ3v) is 5.18. The van der Waals surface area contributed by atoms with E-state index in [1.807, 2.05) is 0 Å². The summed E-state index contributed by atoms with van der Waals surface area (Å²) in [4.78, 5) is 36.9. The van der Waals surface area contributed by atoms with Crippen molar-refractivity contribution in [3.8, 4) is 17.2 Å². The number of carbonyl (C=O) groups is 2. The molecule has 1 aromatic carbocycles. The summed E-state index contributed by atoms with van der Waals surface area (Å²) >= 11 is 0. The van der Waals surface area contributed by atoms with Crippen molar-refractivity contribution in [2.75, 3.05) is 19.0 Å². The zero-order valence-electron chi connectivity index (χ0n) is 19.6. The molecule has 0 radical (unpaired) electrons. The normalized spacial score (nSPS) is 12.3. The van der Waals surface area contributed by atoms with Crippen LogP contribution in [0.3, 0.4) is 0 Å². The van der Waals surface area contributed by atoms with E-state index >= 15 is 0 Å². The molecule has 0 aliphatic heterocycles. The fraction of sp³-hybridized carbons (Fsp3) is 0.208. The summed E-state index contributed by atoms with van der Waals surface area (Å²) in [6.07, 6.45) is -3.16. The van der Waals surface area contributed by atoms with Gasteiger partial charge in [-0.15, -0.1) is 0 Å². The monoisotopic (exact) mass is 514 g/mol. The van der Waals surface area contributed by atoms with E-state index in [0.29, 0.717) is 5.82 Å². The highest BCUT2D eigenvalue weighted by molar-refractivity contribution is 6.00. The molecule has 4 N–H and O–H groups in total. The molecular weight excluding hydrogens is 493 g/mol. The molecular formula is C24H21F3N6O4. The fourth-order valence-electron chi connectivity index (χ4n) is 3.49. The Morgan fingerprint density at radius 2 is 1.92 bits per heavy atom. The second-order valence-corrected chi connectivity index (χ2v) is 7.87. The van der Waals surface area contributed by atoms with Gasteiger partial charge in [0, 0.05) is 17.1 Å². The summed E-state index contributed by atoms with van der Waals surface area (Å²) in [6.45, 7) is 1.18. The first kappa shape index (κ1) is 25.6. The fourth-order valence-corrected chi connectivity index (χ4v) is 3.49. The summed E-state index contributed by atoms with van der Waals surface area (Å²) in [6, 6.07) is 9.20. The predicted molar refractivity (Wildman–Crippen MR) is 127 cm³/mol. The Bertz CT molecular complexity index is 1450. The van der Waals surface area contributed by atoms with Gasteiger partial charge in [-0.25, -0.2) is 15.0 Å². The first-order valence-electron chi connectivity index (χ1n) is 10.9. The van der Waals surface area contributed by atoms with Crippen LogP contribution >= 0.6 is 0 Å². The lowest BCUT2D eigenvalue weighted by atomic mass is 10.1. The molecule has 0 fully saturated rings. The number of anilines is 1. The van der Waals surface area contributed by atoms with Gasteiger partial charge in [0.25, 0.3) is 5.91 Å². The Morgan fingerprint density at radius 3 is 2.57 bits per heavy atom. The van der Waals surface area contributed by atoms with Gasteiger partial charge in [-0.1, -0.05) is 6.07 Å². The number of rotatable bonds is 7. The predicted octanol–water partition coefficient (Wildman–Crippen LogP) is 3.70. The lowest BCUT2D eigenvalue weighted by Crippen LogP contribution is -2.34. The highest BCUT2D eigenvalue weighted by Crippen LogP contribution is 2.37. The van der Waals surface area contributed by atoms with Gasteiger partial charge in [0.15, 0.2) is 11.5 Å². The average Bonchev–Trinajstić information content (AvgIpc) is 3.32. The first-order valence-corrected chi connectivity index (χ1v) is 10.9. The third kappa shape index (κ3) is 5.51. The van der Waals surface area contributed by atoms with Crippen LogP contribution in [0.15, 0.2) is 53.1 Å². The standard InChI is InChI=1S/C24H21F3N6O4/c1-12(28)21-20(22(35)30-11-18(34)32-17-5-3-4-10-29-17)33-23(37-21)14-6-8-15(36-2)19-13(14)7-9-16(31-19)24(25,26)27/h3-10,12H,11,28H2,1-2H3,(H,30,35)(H,29,32,34)/t12-/m0/s1. The van der Waals surface area contributed by atoms with E-state index in [0.717, 1.165) is 6.07 Å². The van der Waals surface area contributed by atoms with Gasteiger partial charge in [-0.3, -0.25) is 9.59 Å². The third-order valence-electron chi connectivity index (χ3n) is 5.18. The number of nitrogens with one attached hydrogen (secondary N) is 2. The van der Waals surface area contributed by atoms with Crippen molar-refractivity contribution >= 4 is 28.5 Å². The largest absolute Gasteiger partial charge is 0.494 e. The zero-order valence-corrected chi connectivity index (χ0v) is 19.6. The van der Waals surface area contributed by atoms with Gasteiger partial charge in [0.2, 0.25) is 11.8 Å². The average molecular weight is 514 g/mol. The van der Waals surface area contributed by atoms with Crippen LogP contribution in [0, 0.1) is 0 Å². The Labute approximate surface area is 208 Å². The molecule has 0 saturated heterocycles. The Morgan fingerprint density at radius 1 is 1.14 bits per heavy atom. The van der Waals surface area contributed by atoms with E-state index in [2.05, 4.69) is 25.6 Å². The number of nitrogens with zero attached hydrogens (tertiary/aromatic N) is 3. The number of methoxy groups -OCH3 is 1. The zero-order chi connectivity index (χ0) is 26.7. The maximum Gasteiger partial charge on any atom is 0.433 e. The van der Waals surface area contributed by atoms with Crippen molar-refractivity contribution in [2.24, 2.45) is 5.73 Å². The van der Waals surface area contributed by atoms with Crippen LogP contribution in [-0.4, -0.2) is 40.4 Å². The molecule has 3 heterocycles. The number of oxazole rings is 1. The van der Waals surface area contributed by atoms with Crippen molar-refractivity contribution in [1.82, 2.24) is 20.3 Å². The minimum atomic E-state index is -4.66. The molecule has 0 unspecified atom stereocenters. The molecule has 0 aliphatic carbocycles. The lowest BCUT2D eigenvalue weighted by Gasteiger charge is -2.11. The first-order chi connectivity index (χ1) is 17.6. The lowest BCUT2D eigenvalue weighted by molar-refractivity contribution is -0.141. The number of hydrogen-bond acceptors (Lipinski definition) is 8. The number of halogens is 3. The van der Waals surface area contributed by atoms with Crippen LogP contribution in [0.1, 0.15) is 34.9 Å². The topological polar surface area (TPSA) is 145 Å². The number of pyridine rings is 2. The Kier molecular flexibility index (Phi) is 7.07. The molecule has 0 spiro atoms. The highest BCUT2D eigenvalue weighted by Gasteiger charge is 2.33. The highest BCUT2D eigenvalue weighted by atomic mass is 19.4. The number of fused-ring (bicyclic) bond motifs is 1. The van der Waals surface area contributed by atoms with E-state index < -0.39 is 29.7 Å². The number of amides is 2. The number of ether oxygens (including phenoxy) is 1. The Balaban J connectivity index is 1.65. The molecule has 0 saturated carbocycles. The van der Waals surface area contributed by atoms with Crippen molar-refractivity contribution in [2.45, 2.75) is 19.1 Å². The summed E-state index contributed by atoms with van der Waals surface area (Å²) < 4.78 is 50.7.